The van der Waals surface area contributed by atoms with E-state index < -0.39 is 0 Å². The van der Waals surface area contributed by atoms with Crippen molar-refractivity contribution in [2.45, 2.75) is 18.4 Å². The van der Waals surface area contributed by atoms with Gasteiger partial charge >= 0.3 is 0 Å². The zero-order valence-corrected chi connectivity index (χ0v) is 9.91. The Morgan fingerprint density at radius 1 is 1.00 bits per heavy atom. The molecule has 1 aliphatic heterocycles. The largest absolute Gasteiger partial charge is 0.485 e. The van der Waals surface area contributed by atoms with E-state index in [1.807, 2.05) is 54.6 Å². The number of benzene rings is 2. The molecule has 3 rings (SSSR count). The topological polar surface area (TPSA) is 33.0 Å². The molecule has 1 aliphatic rings. The lowest BCUT2D eigenvalue weighted by Gasteiger charge is -2.29. The molecule has 2 nitrogen and oxygen atoms in total. The van der Waals surface area contributed by atoms with Crippen LogP contribution in [-0.4, -0.2) is 0 Å². The summed E-state index contributed by atoms with van der Waals surface area (Å²) in [6.45, 7) is 0. The maximum absolute atomic E-state index is 9.30. The molecule has 0 radical (unpaired) electrons. The minimum absolute atomic E-state index is 0.0225. The van der Waals surface area contributed by atoms with Crippen LogP contribution in [0.2, 0.25) is 0 Å². The van der Waals surface area contributed by atoms with Crippen molar-refractivity contribution >= 4 is 0 Å². The Morgan fingerprint density at radius 2 is 1.72 bits per heavy atom. The molecular weight excluding hydrogens is 222 g/mol. The van der Waals surface area contributed by atoms with Crippen LogP contribution >= 0.6 is 0 Å². The van der Waals surface area contributed by atoms with Gasteiger partial charge in [-0.05, 0) is 11.6 Å². The molecule has 18 heavy (non-hydrogen) atoms. The molecule has 1 heterocycles. The van der Waals surface area contributed by atoms with Crippen molar-refractivity contribution in [3.63, 3.8) is 0 Å². The first-order chi connectivity index (χ1) is 8.88. The molecule has 0 aliphatic carbocycles. The van der Waals surface area contributed by atoms with Gasteiger partial charge in [0.25, 0.3) is 0 Å². The summed E-state index contributed by atoms with van der Waals surface area (Å²) in [5, 5.41) is 9.30. The van der Waals surface area contributed by atoms with E-state index in [1.54, 1.807) is 0 Å². The standard InChI is InChI=1S/C16H13NO/c17-11-13-10-16(12-6-2-1-3-7-12)18-15-9-5-4-8-14(13)15/h1-9,13,16H,10H2/t13-,16+/m1/s1. The predicted octanol–water partition coefficient (Wildman–Crippen LogP) is 3.82. The van der Waals surface area contributed by atoms with Crippen LogP contribution in [0.25, 0.3) is 0 Å². The second-order valence-electron chi connectivity index (χ2n) is 4.47. The number of para-hydroxylation sites is 1. The Morgan fingerprint density at radius 3 is 2.50 bits per heavy atom. The monoisotopic (exact) mass is 235 g/mol. The van der Waals surface area contributed by atoms with Gasteiger partial charge in [-0.15, -0.1) is 0 Å². The molecule has 0 saturated heterocycles. The van der Waals surface area contributed by atoms with Crippen LogP contribution in [0.3, 0.4) is 0 Å². The van der Waals surface area contributed by atoms with Crippen LogP contribution < -0.4 is 4.74 Å². The highest BCUT2D eigenvalue weighted by molar-refractivity contribution is 5.42. The average molecular weight is 235 g/mol. The van der Waals surface area contributed by atoms with E-state index in [-0.39, 0.29) is 12.0 Å². The summed E-state index contributed by atoms with van der Waals surface area (Å²) < 4.78 is 6.00. The maximum atomic E-state index is 9.30. The van der Waals surface area contributed by atoms with Crippen molar-refractivity contribution in [1.29, 1.82) is 5.26 Å². The zero-order chi connectivity index (χ0) is 12.4. The number of ether oxygens (including phenoxy) is 1. The molecule has 0 fully saturated rings. The number of hydrogen-bond acceptors (Lipinski definition) is 2. The minimum atomic E-state index is -0.0832. The van der Waals surface area contributed by atoms with Crippen molar-refractivity contribution in [3.05, 3.63) is 65.7 Å². The first kappa shape index (κ1) is 10.9. The lowest BCUT2D eigenvalue weighted by molar-refractivity contribution is 0.170. The minimum Gasteiger partial charge on any atom is -0.485 e. The van der Waals surface area contributed by atoms with E-state index >= 15 is 0 Å². The van der Waals surface area contributed by atoms with E-state index in [9.17, 15) is 5.26 Å². The molecule has 0 N–H and O–H groups in total. The van der Waals surface area contributed by atoms with E-state index in [1.165, 1.54) is 0 Å². The average Bonchev–Trinajstić information content (AvgIpc) is 2.47. The Labute approximate surface area is 106 Å². The normalized spacial score (nSPS) is 21.5. The van der Waals surface area contributed by atoms with Gasteiger partial charge in [-0.2, -0.15) is 5.26 Å². The molecule has 88 valence electrons. The lowest BCUT2D eigenvalue weighted by Crippen LogP contribution is -2.18. The third kappa shape index (κ3) is 1.84. The third-order valence-corrected chi connectivity index (χ3v) is 3.34. The molecule has 2 heteroatoms. The second-order valence-corrected chi connectivity index (χ2v) is 4.47. The Hall–Kier alpha value is -2.27. The Bertz CT molecular complexity index is 586. The highest BCUT2D eigenvalue weighted by Gasteiger charge is 2.28. The van der Waals surface area contributed by atoms with Gasteiger partial charge in [0.2, 0.25) is 0 Å². The molecule has 0 bridgehead atoms. The Balaban J connectivity index is 1.98. The van der Waals surface area contributed by atoms with Crippen LogP contribution in [0.5, 0.6) is 5.75 Å². The summed E-state index contributed by atoms with van der Waals surface area (Å²) in [6, 6.07) is 20.3. The van der Waals surface area contributed by atoms with Crippen molar-refractivity contribution in [2.24, 2.45) is 0 Å². The number of rotatable bonds is 1. The van der Waals surface area contributed by atoms with Gasteiger partial charge in [0.15, 0.2) is 0 Å². The van der Waals surface area contributed by atoms with Crippen LogP contribution in [0.1, 0.15) is 29.6 Å². The van der Waals surface area contributed by atoms with Crippen molar-refractivity contribution < 1.29 is 4.74 Å². The molecule has 0 spiro atoms. The second kappa shape index (κ2) is 4.54. The van der Waals surface area contributed by atoms with Gasteiger partial charge in [0.05, 0.1) is 12.0 Å². The Kier molecular flexibility index (Phi) is 2.74. The van der Waals surface area contributed by atoms with Crippen LogP contribution in [-0.2, 0) is 0 Å². The zero-order valence-electron chi connectivity index (χ0n) is 9.91. The van der Waals surface area contributed by atoms with Gasteiger partial charge in [0.1, 0.15) is 11.9 Å². The highest BCUT2D eigenvalue weighted by atomic mass is 16.5. The van der Waals surface area contributed by atoms with Crippen LogP contribution in [0.4, 0.5) is 0 Å². The fourth-order valence-electron chi connectivity index (χ4n) is 2.41. The molecule has 0 amide bonds. The molecular formula is C16H13NO. The molecule has 2 aromatic rings. The molecule has 0 saturated carbocycles. The van der Waals surface area contributed by atoms with E-state index in [0.29, 0.717) is 0 Å². The maximum Gasteiger partial charge on any atom is 0.125 e. The number of nitriles is 1. The summed E-state index contributed by atoms with van der Waals surface area (Å²) in [4.78, 5) is 0. The summed E-state index contributed by atoms with van der Waals surface area (Å²) in [7, 11) is 0. The first-order valence-electron chi connectivity index (χ1n) is 6.08. The highest BCUT2D eigenvalue weighted by Crippen LogP contribution is 2.41. The van der Waals surface area contributed by atoms with Crippen LogP contribution in [0, 0.1) is 11.3 Å². The van der Waals surface area contributed by atoms with E-state index in [2.05, 4.69) is 6.07 Å². The summed E-state index contributed by atoms with van der Waals surface area (Å²) in [5.41, 5.74) is 2.14. The summed E-state index contributed by atoms with van der Waals surface area (Å²) in [6.07, 6.45) is 0.697. The number of fused-ring (bicyclic) bond motifs is 1. The SMILES string of the molecule is N#C[C@H]1C[C@@H](c2ccccc2)Oc2ccccc21. The molecule has 2 atom stereocenters. The van der Waals surface area contributed by atoms with Gasteiger partial charge in [-0.1, -0.05) is 48.5 Å². The van der Waals surface area contributed by atoms with Gasteiger partial charge in [-0.25, -0.2) is 0 Å². The number of nitrogens with zero attached hydrogens (tertiary/aromatic N) is 1. The fraction of sp³-hybridized carbons (Fsp3) is 0.188. The molecule has 0 aromatic heterocycles. The van der Waals surface area contributed by atoms with Crippen molar-refractivity contribution in [1.82, 2.24) is 0 Å². The van der Waals surface area contributed by atoms with Gasteiger partial charge in [0, 0.05) is 12.0 Å². The smallest absolute Gasteiger partial charge is 0.125 e. The first-order valence-corrected chi connectivity index (χ1v) is 6.08. The van der Waals surface area contributed by atoms with E-state index in [0.717, 1.165) is 23.3 Å². The molecule has 2 aromatic carbocycles. The van der Waals surface area contributed by atoms with Crippen LogP contribution in [0.15, 0.2) is 54.6 Å². The van der Waals surface area contributed by atoms with Gasteiger partial charge < -0.3 is 4.74 Å². The predicted molar refractivity (Wildman–Crippen MR) is 69.2 cm³/mol. The van der Waals surface area contributed by atoms with Gasteiger partial charge in [-0.3, -0.25) is 0 Å². The summed E-state index contributed by atoms with van der Waals surface area (Å²) in [5.74, 6) is 0.754. The van der Waals surface area contributed by atoms with Crippen molar-refractivity contribution in [3.8, 4) is 11.8 Å². The quantitative estimate of drug-likeness (QED) is 0.752. The molecule has 0 unspecified atom stereocenters. The fourth-order valence-corrected chi connectivity index (χ4v) is 2.41. The number of hydrogen-bond donors (Lipinski definition) is 0. The third-order valence-electron chi connectivity index (χ3n) is 3.34. The van der Waals surface area contributed by atoms with Crippen molar-refractivity contribution in [2.75, 3.05) is 0 Å². The van der Waals surface area contributed by atoms with E-state index in [4.69, 9.17) is 4.74 Å². The lowest BCUT2D eigenvalue weighted by atomic mass is 9.88. The summed E-state index contributed by atoms with van der Waals surface area (Å²) >= 11 is 0.